The molecule has 0 saturated carbocycles. The summed E-state index contributed by atoms with van der Waals surface area (Å²) in [7, 11) is 0. The molecule has 0 aliphatic rings. The van der Waals surface area contributed by atoms with E-state index in [0.29, 0.717) is 11.6 Å². The fourth-order valence-corrected chi connectivity index (χ4v) is 16.6. The molecule has 8 heterocycles. The van der Waals surface area contributed by atoms with Gasteiger partial charge in [0, 0.05) is 110 Å². The number of aromatic nitrogens is 12. The van der Waals surface area contributed by atoms with Gasteiger partial charge in [-0.1, -0.05) is 243 Å². The van der Waals surface area contributed by atoms with Gasteiger partial charge in [0.15, 0.2) is 11.6 Å². The molecule has 12 nitrogen and oxygen atoms in total. The molecule has 0 unspecified atom stereocenters. The van der Waals surface area contributed by atoms with Crippen LogP contribution in [-0.4, -0.2) is 56.5 Å². The van der Waals surface area contributed by atoms with Gasteiger partial charge in [0.25, 0.3) is 0 Å². The Labute approximate surface area is 626 Å². The van der Waals surface area contributed by atoms with Crippen molar-refractivity contribution in [2.45, 2.75) is 0 Å². The minimum atomic E-state index is 0.678. The number of hydrogen-bond donors (Lipinski definition) is 0. The van der Waals surface area contributed by atoms with Gasteiger partial charge in [-0.05, 0) is 97.1 Å². The van der Waals surface area contributed by atoms with E-state index in [0.717, 1.165) is 155 Å². The van der Waals surface area contributed by atoms with Crippen LogP contribution in [0.5, 0.6) is 0 Å². The predicted molar refractivity (Wildman–Crippen MR) is 444 cm³/mol. The molecular formula is C94H56N12S2. The quantitative estimate of drug-likeness (QED) is 0.122. The van der Waals surface area contributed by atoms with Gasteiger partial charge >= 0.3 is 0 Å². The Kier molecular flexibility index (Phi) is 15.0. The summed E-state index contributed by atoms with van der Waals surface area (Å²) in [4.78, 5) is 30.8. The normalized spacial score (nSPS) is 11.7. The zero-order valence-corrected chi connectivity index (χ0v) is 59.1. The van der Waals surface area contributed by atoms with Gasteiger partial charge in [-0.15, -0.1) is 0 Å². The van der Waals surface area contributed by atoms with Crippen molar-refractivity contribution >= 4 is 132 Å². The molecule has 0 aliphatic heterocycles. The zero-order chi connectivity index (χ0) is 71.2. The second-order valence-corrected chi connectivity index (χ2v) is 27.9. The molecular weight excluding hydrogens is 1360 g/mol. The third kappa shape index (κ3) is 10.7. The fraction of sp³-hybridized carbons (Fsp3) is 0. The maximum Gasteiger partial charge on any atom is 0.160 e. The maximum atomic E-state index is 5.17. The lowest BCUT2D eigenvalue weighted by Gasteiger charge is -2.13. The topological polar surface area (TPSA) is 139 Å². The molecule has 14 heteroatoms. The average Bonchev–Trinajstić information content (AvgIpc) is 1.19. The van der Waals surface area contributed by atoms with Crippen molar-refractivity contribution in [1.29, 1.82) is 0 Å². The van der Waals surface area contributed by atoms with E-state index in [4.69, 9.17) is 29.9 Å². The number of para-hydroxylation sites is 6. The number of benzene rings is 14. The van der Waals surface area contributed by atoms with Crippen LogP contribution in [0.1, 0.15) is 0 Å². The summed E-state index contributed by atoms with van der Waals surface area (Å²) >= 11 is 2.49. The molecule has 0 N–H and O–H groups in total. The second-order valence-electron chi connectivity index (χ2n) is 26.8. The molecule has 0 atom stereocenters. The lowest BCUT2D eigenvalue weighted by molar-refractivity contribution is 1.16. The number of rotatable bonds is 10. The first-order chi connectivity index (χ1) is 53.5. The number of pyridine rings is 2. The smallest absolute Gasteiger partial charge is 0.160 e. The second kappa shape index (κ2) is 25.9. The zero-order valence-electron chi connectivity index (χ0n) is 57.5. The molecule has 0 spiro atoms. The molecule has 0 bridgehead atoms. The molecule has 0 radical (unpaired) electrons. The first-order valence-corrected chi connectivity index (χ1v) is 37.2. The Bertz CT molecular complexity index is 7190. The van der Waals surface area contributed by atoms with Gasteiger partial charge in [-0.3, -0.25) is 0 Å². The predicted octanol–water partition coefficient (Wildman–Crippen LogP) is 23.9. The number of nitrogens with zero attached hydrogens (tertiary/aromatic N) is 12. The van der Waals surface area contributed by atoms with Gasteiger partial charge < -0.3 is 9.13 Å². The highest BCUT2D eigenvalue weighted by Crippen LogP contribution is 2.42. The highest BCUT2D eigenvalue weighted by molar-refractivity contribution is 7.00. The molecule has 108 heavy (non-hydrogen) atoms. The highest BCUT2D eigenvalue weighted by Gasteiger charge is 2.22. The Morgan fingerprint density at radius 3 is 0.972 bits per heavy atom. The summed E-state index contributed by atoms with van der Waals surface area (Å²) in [6.07, 6.45) is 0. The summed E-state index contributed by atoms with van der Waals surface area (Å²) < 4.78 is 23.1. The van der Waals surface area contributed by atoms with Crippen molar-refractivity contribution in [3.63, 3.8) is 0 Å². The standard InChI is InChI=1S/2C47H28N6S/c1-2-11-31(12-3-1)47-49-40(28-41(50-47)32-13-10-14-33(27-32)53-42-19-8-5-15-34(42)35-16-6-9-20-43(35)53)29-21-23-30(24-22-29)45-37-25-26-39-46(52-54-51-39)44(37)36-17-4-7-18-38(36)48-45;1-2-10-32(11-3-1)47-49-40(28-41(50-47)30-22-24-33(25-23-30)53-42-16-8-5-12-34(42)35-13-6-9-17-43(35)53)29-18-20-31(21-19-29)45-37-26-27-39-46(52-54-51-39)44(37)36-14-4-7-15-38(36)48-45/h2*1-28H. The van der Waals surface area contributed by atoms with Gasteiger partial charge in [-0.25, -0.2) is 29.9 Å². The van der Waals surface area contributed by atoms with E-state index in [2.05, 4.69) is 306 Å². The summed E-state index contributed by atoms with van der Waals surface area (Å²) in [6.45, 7) is 0. The Morgan fingerprint density at radius 1 is 0.204 bits per heavy atom. The molecule has 504 valence electrons. The average molecular weight is 1420 g/mol. The van der Waals surface area contributed by atoms with Gasteiger partial charge in [-0.2, -0.15) is 17.5 Å². The van der Waals surface area contributed by atoms with E-state index < -0.39 is 0 Å². The van der Waals surface area contributed by atoms with Crippen LogP contribution in [0.25, 0.3) is 211 Å². The first-order valence-electron chi connectivity index (χ1n) is 35.7. The van der Waals surface area contributed by atoms with Crippen LogP contribution in [-0.2, 0) is 0 Å². The van der Waals surface area contributed by atoms with E-state index in [-0.39, 0.29) is 0 Å². The van der Waals surface area contributed by atoms with E-state index in [1.54, 1.807) is 0 Å². The van der Waals surface area contributed by atoms with Crippen molar-refractivity contribution in [3.8, 4) is 102 Å². The summed E-state index contributed by atoms with van der Waals surface area (Å²) in [5.41, 5.74) is 25.6. The molecule has 0 amide bonds. The largest absolute Gasteiger partial charge is 0.309 e. The summed E-state index contributed by atoms with van der Waals surface area (Å²) in [5.74, 6) is 1.36. The van der Waals surface area contributed by atoms with Crippen LogP contribution in [0, 0.1) is 0 Å². The minimum Gasteiger partial charge on any atom is -0.309 e. The van der Waals surface area contributed by atoms with E-state index in [1.807, 2.05) is 60.7 Å². The van der Waals surface area contributed by atoms with Crippen LogP contribution >= 0.6 is 23.5 Å². The van der Waals surface area contributed by atoms with Gasteiger partial charge in [0.2, 0.25) is 0 Å². The fourth-order valence-electron chi connectivity index (χ4n) is 15.5. The lowest BCUT2D eigenvalue weighted by Crippen LogP contribution is -1.98. The lowest BCUT2D eigenvalue weighted by atomic mass is 9.98. The van der Waals surface area contributed by atoms with E-state index in [9.17, 15) is 0 Å². The molecule has 0 aliphatic carbocycles. The van der Waals surface area contributed by atoms with Crippen molar-refractivity contribution in [3.05, 3.63) is 340 Å². The molecule has 8 aromatic heterocycles. The molecule has 22 rings (SSSR count). The Hall–Kier alpha value is -14.2. The van der Waals surface area contributed by atoms with Crippen LogP contribution < -0.4 is 0 Å². The third-order valence-corrected chi connectivity index (χ3v) is 21.7. The van der Waals surface area contributed by atoms with Crippen molar-refractivity contribution < 1.29 is 0 Å². The van der Waals surface area contributed by atoms with Crippen LogP contribution in [0.2, 0.25) is 0 Å². The Balaban J connectivity index is 0.000000138. The van der Waals surface area contributed by atoms with Gasteiger partial charge in [0.1, 0.15) is 22.1 Å². The van der Waals surface area contributed by atoms with E-state index in [1.165, 1.54) is 67.1 Å². The van der Waals surface area contributed by atoms with Crippen LogP contribution in [0.15, 0.2) is 340 Å². The van der Waals surface area contributed by atoms with Gasteiger partial charge in [0.05, 0.1) is 90.7 Å². The van der Waals surface area contributed by atoms with Crippen LogP contribution in [0.3, 0.4) is 0 Å². The summed E-state index contributed by atoms with van der Waals surface area (Å²) in [5, 5.41) is 11.4. The van der Waals surface area contributed by atoms with Crippen molar-refractivity contribution in [2.75, 3.05) is 0 Å². The van der Waals surface area contributed by atoms with Crippen molar-refractivity contribution in [1.82, 2.24) is 56.5 Å². The maximum absolute atomic E-state index is 5.17. The SMILES string of the molecule is c1ccc(-c2nc(-c3ccc(-c4nc5ccccc5c5c4ccc4nsnc45)cc3)cc(-c3ccc(-n4c5ccccc5c5ccccc54)cc3)n2)cc1.c1ccc(-c2nc(-c3ccc(-c4nc5ccccc5c5c4ccc4nsnc45)cc3)cc(-c3cccc(-n4c5ccccc5c5ccccc54)c3)n2)cc1. The first kappa shape index (κ1) is 62.4. The van der Waals surface area contributed by atoms with Crippen molar-refractivity contribution in [2.24, 2.45) is 0 Å². The Morgan fingerprint density at radius 2 is 0.546 bits per heavy atom. The minimum absolute atomic E-state index is 0.678. The molecule has 0 fully saturated rings. The molecule has 22 aromatic rings. The molecule has 0 saturated heterocycles. The highest BCUT2D eigenvalue weighted by atomic mass is 32.1. The third-order valence-electron chi connectivity index (χ3n) is 20.6. The number of fused-ring (bicyclic) bond motifs is 16. The number of hydrogen-bond acceptors (Lipinski definition) is 12. The van der Waals surface area contributed by atoms with E-state index >= 15 is 0 Å². The molecule has 14 aromatic carbocycles. The monoisotopic (exact) mass is 1420 g/mol. The summed E-state index contributed by atoms with van der Waals surface area (Å²) in [6, 6.07) is 118. The van der Waals surface area contributed by atoms with Crippen LogP contribution in [0.4, 0.5) is 0 Å².